The molecular formula is C4H7NO2. The van der Waals surface area contributed by atoms with Crippen LogP contribution in [0, 0.1) is 0 Å². The molecule has 0 amide bonds. The van der Waals surface area contributed by atoms with Gasteiger partial charge in [0.15, 0.2) is 0 Å². The highest BCUT2D eigenvalue weighted by atomic mass is 16.4. The van der Waals surface area contributed by atoms with E-state index in [1.807, 2.05) is 0 Å². The van der Waals surface area contributed by atoms with Gasteiger partial charge in [-0.15, -0.1) is 6.58 Å². The first-order valence-corrected chi connectivity index (χ1v) is 1.79. The zero-order valence-electron chi connectivity index (χ0n) is 3.79. The highest BCUT2D eigenvalue weighted by molar-refractivity contribution is 5.75. The van der Waals surface area contributed by atoms with E-state index in [9.17, 15) is 4.79 Å². The molecule has 3 heteroatoms. The van der Waals surface area contributed by atoms with E-state index in [0.717, 1.165) is 0 Å². The van der Waals surface area contributed by atoms with Gasteiger partial charge in [0.25, 0.3) is 0 Å². The molecule has 0 heterocycles. The summed E-state index contributed by atoms with van der Waals surface area (Å²) < 4.78 is 0. The Morgan fingerprint density at radius 3 is 2.43 bits per heavy atom. The Morgan fingerprint density at radius 1 is 2.00 bits per heavy atom. The third kappa shape index (κ3) is 1.94. The van der Waals surface area contributed by atoms with E-state index in [-0.39, 0.29) is 0 Å². The van der Waals surface area contributed by atoms with Crippen molar-refractivity contribution in [2.75, 3.05) is 0 Å². The summed E-state index contributed by atoms with van der Waals surface area (Å²) in [6.45, 7) is 3.18. The molecule has 0 fully saturated rings. The molecule has 0 radical (unpaired) electrons. The molecule has 0 unspecified atom stereocenters. The zero-order valence-corrected chi connectivity index (χ0v) is 3.79. The summed E-state index contributed by atoms with van der Waals surface area (Å²) in [5.41, 5.74) is 4.90. The van der Waals surface area contributed by atoms with Crippen LogP contribution in [-0.2, 0) is 4.79 Å². The largest absolute Gasteiger partial charge is 0.480 e. The molecule has 0 spiro atoms. The lowest BCUT2D eigenvalue weighted by Gasteiger charge is -1.92. The molecule has 0 aromatic rings. The van der Waals surface area contributed by atoms with Gasteiger partial charge in [-0.2, -0.15) is 0 Å². The molecule has 0 rings (SSSR count). The molecule has 0 aliphatic rings. The van der Waals surface area contributed by atoms with Gasteiger partial charge < -0.3 is 10.8 Å². The van der Waals surface area contributed by atoms with Gasteiger partial charge in [0.1, 0.15) is 6.04 Å². The summed E-state index contributed by atoms with van der Waals surface area (Å²) in [5, 5.41) is 7.99. The van der Waals surface area contributed by atoms with Crippen molar-refractivity contribution in [2.24, 2.45) is 5.73 Å². The molecule has 0 aliphatic carbocycles. The molecule has 3 N–H and O–H groups in total. The molecule has 3 nitrogen and oxygen atoms in total. The Labute approximate surface area is 41.4 Å². The first kappa shape index (κ1) is 6.17. The number of carboxylic acid groups (broad SMARTS) is 1. The number of carboxylic acids is 1. The van der Waals surface area contributed by atoms with Gasteiger partial charge in [-0.1, -0.05) is 6.08 Å². The van der Waals surface area contributed by atoms with Crippen LogP contribution in [0.15, 0.2) is 12.7 Å². The molecular weight excluding hydrogens is 94.0 g/mol. The van der Waals surface area contributed by atoms with Crippen LogP contribution < -0.4 is 5.73 Å². The Morgan fingerprint density at radius 2 is 2.43 bits per heavy atom. The van der Waals surface area contributed by atoms with E-state index < -0.39 is 12.0 Å². The predicted octanol–water partition coefficient (Wildman–Crippen LogP) is -0.416. The van der Waals surface area contributed by atoms with Crippen molar-refractivity contribution in [1.82, 2.24) is 0 Å². The van der Waals surface area contributed by atoms with Gasteiger partial charge in [-0.25, -0.2) is 0 Å². The van der Waals surface area contributed by atoms with Crippen molar-refractivity contribution < 1.29 is 9.90 Å². The second kappa shape index (κ2) is 2.36. The standard InChI is InChI=1S/C4H7NO2/c1-2-3(5)4(6)7/h2-3H,1,5H2,(H,6,7)/t3-/m0/s1. The monoisotopic (exact) mass is 101 g/mol. The molecule has 7 heavy (non-hydrogen) atoms. The van der Waals surface area contributed by atoms with Gasteiger partial charge in [-0.05, 0) is 0 Å². The van der Waals surface area contributed by atoms with Crippen molar-refractivity contribution in [2.45, 2.75) is 6.04 Å². The van der Waals surface area contributed by atoms with Crippen molar-refractivity contribution >= 4 is 5.97 Å². The summed E-state index contributed by atoms with van der Waals surface area (Å²) >= 11 is 0. The first-order chi connectivity index (χ1) is 3.18. The van der Waals surface area contributed by atoms with Gasteiger partial charge in [0.2, 0.25) is 0 Å². The fourth-order valence-electron chi connectivity index (χ4n) is 0.101. The Balaban J connectivity index is 3.55. The lowest BCUT2D eigenvalue weighted by molar-refractivity contribution is -0.137. The number of carbonyl (C=O) groups is 1. The second-order valence-corrected chi connectivity index (χ2v) is 1.10. The van der Waals surface area contributed by atoms with Crippen LogP contribution in [0.1, 0.15) is 0 Å². The van der Waals surface area contributed by atoms with Crippen LogP contribution in [-0.4, -0.2) is 17.1 Å². The van der Waals surface area contributed by atoms with E-state index in [4.69, 9.17) is 10.8 Å². The zero-order chi connectivity index (χ0) is 5.86. The minimum atomic E-state index is -1.05. The third-order valence-corrected chi connectivity index (χ3v) is 0.539. The number of hydrogen-bond acceptors (Lipinski definition) is 2. The molecule has 0 aliphatic heterocycles. The minimum absolute atomic E-state index is 0.917. The Bertz CT molecular complexity index is 89.7. The molecule has 0 saturated carbocycles. The lowest BCUT2D eigenvalue weighted by atomic mass is 10.3. The summed E-state index contributed by atoms with van der Waals surface area (Å²) in [7, 11) is 0. The number of nitrogens with two attached hydrogens (primary N) is 1. The third-order valence-electron chi connectivity index (χ3n) is 0.539. The number of hydrogen-bond donors (Lipinski definition) is 2. The second-order valence-electron chi connectivity index (χ2n) is 1.10. The molecule has 0 aromatic carbocycles. The fraction of sp³-hybridized carbons (Fsp3) is 0.250. The average molecular weight is 101 g/mol. The average Bonchev–Trinajstić information content (AvgIpc) is 1.65. The highest BCUT2D eigenvalue weighted by Gasteiger charge is 2.02. The van der Waals surface area contributed by atoms with E-state index in [0.29, 0.717) is 0 Å². The quantitative estimate of drug-likeness (QED) is 0.464. The highest BCUT2D eigenvalue weighted by Crippen LogP contribution is 1.74. The van der Waals surface area contributed by atoms with Crippen LogP contribution >= 0.6 is 0 Å². The first-order valence-electron chi connectivity index (χ1n) is 1.79. The van der Waals surface area contributed by atoms with Crippen LogP contribution in [0.4, 0.5) is 0 Å². The van der Waals surface area contributed by atoms with E-state index in [1.165, 1.54) is 6.08 Å². The summed E-state index contributed by atoms with van der Waals surface area (Å²) in [4.78, 5) is 9.73. The Kier molecular flexibility index (Phi) is 2.08. The van der Waals surface area contributed by atoms with Crippen LogP contribution in [0.5, 0.6) is 0 Å². The van der Waals surface area contributed by atoms with Crippen LogP contribution in [0.25, 0.3) is 0 Å². The minimum Gasteiger partial charge on any atom is -0.480 e. The maximum atomic E-state index is 9.73. The number of aliphatic carboxylic acids is 1. The van der Waals surface area contributed by atoms with Gasteiger partial charge in [0.05, 0.1) is 0 Å². The molecule has 0 aromatic heterocycles. The normalized spacial score (nSPS) is 12.7. The molecule has 40 valence electrons. The summed E-state index contributed by atoms with van der Waals surface area (Å²) in [6, 6.07) is -0.917. The van der Waals surface area contributed by atoms with E-state index >= 15 is 0 Å². The fourth-order valence-corrected chi connectivity index (χ4v) is 0.101. The molecule has 0 saturated heterocycles. The van der Waals surface area contributed by atoms with Gasteiger partial charge in [-0.3, -0.25) is 4.79 Å². The van der Waals surface area contributed by atoms with Crippen LogP contribution in [0.2, 0.25) is 0 Å². The van der Waals surface area contributed by atoms with Crippen molar-refractivity contribution in [3.63, 3.8) is 0 Å². The maximum Gasteiger partial charge on any atom is 0.324 e. The predicted molar refractivity (Wildman–Crippen MR) is 25.8 cm³/mol. The summed E-state index contributed by atoms with van der Waals surface area (Å²) in [6.07, 6.45) is 1.17. The Hall–Kier alpha value is -0.830. The topological polar surface area (TPSA) is 63.3 Å². The number of rotatable bonds is 2. The maximum absolute atomic E-state index is 9.73. The SMILES string of the molecule is C=C[C@H](N)C(=O)O. The lowest BCUT2D eigenvalue weighted by Crippen LogP contribution is -2.26. The molecule has 0 bridgehead atoms. The van der Waals surface area contributed by atoms with E-state index in [2.05, 4.69) is 6.58 Å². The molecule has 1 atom stereocenters. The van der Waals surface area contributed by atoms with Gasteiger partial charge >= 0.3 is 5.97 Å². The smallest absolute Gasteiger partial charge is 0.324 e. The summed E-state index contributed by atoms with van der Waals surface area (Å²) in [5.74, 6) is -1.05. The van der Waals surface area contributed by atoms with Crippen molar-refractivity contribution in [3.8, 4) is 0 Å². The van der Waals surface area contributed by atoms with Crippen molar-refractivity contribution in [3.05, 3.63) is 12.7 Å². The van der Waals surface area contributed by atoms with E-state index in [1.54, 1.807) is 0 Å². The van der Waals surface area contributed by atoms with Crippen molar-refractivity contribution in [1.29, 1.82) is 0 Å². The van der Waals surface area contributed by atoms with Gasteiger partial charge in [0, 0.05) is 0 Å². The van der Waals surface area contributed by atoms with Crippen LogP contribution in [0.3, 0.4) is 0 Å².